The summed E-state index contributed by atoms with van der Waals surface area (Å²) in [5.74, 6) is 5.19. The molecule has 2 N–H and O–H groups in total. The topological polar surface area (TPSA) is 41.7 Å². The quantitative estimate of drug-likeness (QED) is 0.761. The normalized spacial score (nSPS) is 10.9. The second-order valence-electron chi connectivity index (χ2n) is 5.69. The summed E-state index contributed by atoms with van der Waals surface area (Å²) in [4.78, 5) is 9.34. The average molecular weight is 299 g/mol. The van der Waals surface area contributed by atoms with E-state index in [2.05, 4.69) is 66.4 Å². The highest BCUT2D eigenvalue weighted by Crippen LogP contribution is 2.19. The van der Waals surface area contributed by atoms with Gasteiger partial charge in [-0.2, -0.15) is 0 Å². The van der Waals surface area contributed by atoms with Gasteiger partial charge < -0.3 is 9.80 Å². The zero-order valence-electron chi connectivity index (χ0n) is 13.4. The molecule has 0 unspecified atom stereocenters. The summed E-state index contributed by atoms with van der Waals surface area (Å²) in [5, 5.41) is 0. The van der Waals surface area contributed by atoms with Gasteiger partial charge in [-0.05, 0) is 37.4 Å². The Morgan fingerprint density at radius 1 is 0.909 bits per heavy atom. The van der Waals surface area contributed by atoms with E-state index in [0.717, 1.165) is 25.2 Å². The fraction of sp³-hybridized carbons (Fsp3) is 0.333. The average Bonchev–Trinajstić information content (AvgIpc) is 2.53. The van der Waals surface area contributed by atoms with Crippen LogP contribution in [-0.4, -0.2) is 32.1 Å². The van der Waals surface area contributed by atoms with Gasteiger partial charge in [0.05, 0.1) is 6.61 Å². The van der Waals surface area contributed by atoms with E-state index in [-0.39, 0.29) is 0 Å². The van der Waals surface area contributed by atoms with E-state index in [1.807, 2.05) is 12.1 Å². The fourth-order valence-electron chi connectivity index (χ4n) is 2.36. The number of rotatable bonds is 8. The molecule has 2 aromatic rings. The number of likely N-dealkylation sites (N-methyl/N-ethyl adjacent to an activating group) is 1. The second kappa shape index (κ2) is 8.54. The monoisotopic (exact) mass is 299 g/mol. The Balaban J connectivity index is 2.17. The van der Waals surface area contributed by atoms with E-state index in [9.17, 15) is 0 Å². The molecular weight excluding hydrogens is 274 g/mol. The van der Waals surface area contributed by atoms with Crippen molar-refractivity contribution < 1.29 is 4.84 Å². The van der Waals surface area contributed by atoms with Crippen molar-refractivity contribution in [3.8, 4) is 0 Å². The van der Waals surface area contributed by atoms with Crippen LogP contribution in [0, 0.1) is 0 Å². The Bertz CT molecular complexity index is 557. The van der Waals surface area contributed by atoms with Gasteiger partial charge in [-0.1, -0.05) is 42.5 Å². The number of nitrogens with two attached hydrogens (primary N) is 1. The number of hydrogen-bond acceptors (Lipinski definition) is 4. The molecule has 118 valence electrons. The summed E-state index contributed by atoms with van der Waals surface area (Å²) in [5.41, 5.74) is 3.59. The van der Waals surface area contributed by atoms with Gasteiger partial charge >= 0.3 is 0 Å². The fourth-order valence-corrected chi connectivity index (χ4v) is 2.36. The molecule has 0 atom stereocenters. The van der Waals surface area contributed by atoms with Gasteiger partial charge in [0, 0.05) is 25.3 Å². The number of anilines is 1. The highest BCUT2D eigenvalue weighted by atomic mass is 16.6. The third-order valence-electron chi connectivity index (χ3n) is 3.56. The maximum atomic E-state index is 5.19. The van der Waals surface area contributed by atoms with Crippen molar-refractivity contribution in [2.24, 2.45) is 5.90 Å². The van der Waals surface area contributed by atoms with Gasteiger partial charge in [-0.15, -0.1) is 0 Å². The number of hydrogen-bond donors (Lipinski definition) is 1. The highest BCUT2D eigenvalue weighted by Gasteiger charge is 2.09. The minimum Gasteiger partial charge on any atom is -0.366 e. The van der Waals surface area contributed by atoms with Crippen LogP contribution in [0.15, 0.2) is 54.6 Å². The summed E-state index contributed by atoms with van der Waals surface area (Å²) in [6, 6.07) is 18.9. The highest BCUT2D eigenvalue weighted by molar-refractivity contribution is 5.49. The van der Waals surface area contributed by atoms with E-state index in [4.69, 9.17) is 10.7 Å². The van der Waals surface area contributed by atoms with Crippen LogP contribution in [0.1, 0.15) is 11.1 Å². The lowest BCUT2D eigenvalue weighted by molar-refractivity contribution is 0.124. The van der Waals surface area contributed by atoms with Crippen LogP contribution in [0.2, 0.25) is 0 Å². The zero-order chi connectivity index (χ0) is 15.8. The Morgan fingerprint density at radius 2 is 1.64 bits per heavy atom. The molecule has 0 heterocycles. The molecule has 0 aliphatic rings. The molecule has 0 saturated heterocycles. The maximum Gasteiger partial charge on any atom is 0.0930 e. The van der Waals surface area contributed by atoms with Gasteiger partial charge in [0.2, 0.25) is 0 Å². The number of nitrogens with zero attached hydrogens (tertiary/aromatic N) is 2. The second-order valence-corrected chi connectivity index (χ2v) is 5.69. The van der Waals surface area contributed by atoms with Crippen LogP contribution < -0.4 is 10.8 Å². The lowest BCUT2D eigenvalue weighted by atomic mass is 10.1. The molecule has 0 aromatic heterocycles. The molecule has 0 aliphatic carbocycles. The first kappa shape index (κ1) is 16.5. The predicted octanol–water partition coefficient (Wildman–Crippen LogP) is 2.65. The third-order valence-corrected chi connectivity index (χ3v) is 3.56. The molecule has 2 aromatic carbocycles. The van der Waals surface area contributed by atoms with Gasteiger partial charge in [0.25, 0.3) is 0 Å². The van der Waals surface area contributed by atoms with Crippen LogP contribution >= 0.6 is 0 Å². The van der Waals surface area contributed by atoms with E-state index in [1.165, 1.54) is 11.3 Å². The van der Waals surface area contributed by atoms with Crippen LogP contribution in [0.4, 0.5) is 5.69 Å². The first-order valence-corrected chi connectivity index (χ1v) is 7.53. The van der Waals surface area contributed by atoms with E-state index >= 15 is 0 Å². The molecule has 0 amide bonds. The Labute approximate surface area is 133 Å². The summed E-state index contributed by atoms with van der Waals surface area (Å²) >= 11 is 0. The van der Waals surface area contributed by atoms with Crippen LogP contribution in [-0.2, 0) is 18.0 Å². The molecule has 0 aliphatic heterocycles. The lowest BCUT2D eigenvalue weighted by Crippen LogP contribution is -2.31. The Kier molecular flexibility index (Phi) is 6.40. The van der Waals surface area contributed by atoms with Crippen molar-refractivity contribution in [2.45, 2.75) is 13.2 Å². The molecule has 0 bridgehead atoms. The van der Waals surface area contributed by atoms with Crippen molar-refractivity contribution in [3.63, 3.8) is 0 Å². The molecule has 2 rings (SSSR count). The van der Waals surface area contributed by atoms with Crippen LogP contribution in [0.25, 0.3) is 0 Å². The Hall–Kier alpha value is -1.88. The molecule has 0 radical (unpaired) electrons. The minimum absolute atomic E-state index is 0.431. The molecule has 0 spiro atoms. The van der Waals surface area contributed by atoms with Crippen molar-refractivity contribution in [1.29, 1.82) is 0 Å². The molecule has 22 heavy (non-hydrogen) atoms. The largest absolute Gasteiger partial charge is 0.366 e. The predicted molar refractivity (Wildman–Crippen MR) is 91.5 cm³/mol. The van der Waals surface area contributed by atoms with Crippen molar-refractivity contribution in [2.75, 3.05) is 32.1 Å². The summed E-state index contributed by atoms with van der Waals surface area (Å²) in [6.07, 6.45) is 0. The van der Waals surface area contributed by atoms with E-state index in [0.29, 0.717) is 6.61 Å². The van der Waals surface area contributed by atoms with E-state index in [1.54, 1.807) is 0 Å². The summed E-state index contributed by atoms with van der Waals surface area (Å²) in [6.45, 7) is 3.29. The molecule has 4 nitrogen and oxygen atoms in total. The van der Waals surface area contributed by atoms with Gasteiger partial charge in [-0.25, -0.2) is 5.90 Å². The Morgan fingerprint density at radius 3 is 2.32 bits per heavy atom. The molecule has 0 saturated carbocycles. The summed E-state index contributed by atoms with van der Waals surface area (Å²) in [7, 11) is 4.19. The van der Waals surface area contributed by atoms with Crippen molar-refractivity contribution in [3.05, 3.63) is 65.7 Å². The zero-order valence-corrected chi connectivity index (χ0v) is 13.4. The molecule has 4 heteroatoms. The van der Waals surface area contributed by atoms with Gasteiger partial charge in [0.15, 0.2) is 0 Å². The standard InChI is InChI=1S/C18H25N3O/c1-20(2)11-12-21(14-16-7-4-3-5-8-16)18-10-6-9-17(13-18)15-22-19/h3-10,13H,11-12,14-15,19H2,1-2H3. The third kappa shape index (κ3) is 5.15. The van der Waals surface area contributed by atoms with E-state index < -0.39 is 0 Å². The maximum absolute atomic E-state index is 5.19. The SMILES string of the molecule is CN(C)CCN(Cc1ccccc1)c1cccc(CON)c1. The molecule has 0 fully saturated rings. The lowest BCUT2D eigenvalue weighted by Gasteiger charge is -2.27. The van der Waals surface area contributed by atoms with Crippen molar-refractivity contribution in [1.82, 2.24) is 4.90 Å². The van der Waals surface area contributed by atoms with Crippen LogP contribution in [0.5, 0.6) is 0 Å². The number of benzene rings is 2. The minimum atomic E-state index is 0.431. The van der Waals surface area contributed by atoms with Gasteiger partial charge in [-0.3, -0.25) is 4.84 Å². The summed E-state index contributed by atoms with van der Waals surface area (Å²) < 4.78 is 0. The smallest absolute Gasteiger partial charge is 0.0930 e. The molecular formula is C18H25N3O. The first-order valence-electron chi connectivity index (χ1n) is 7.53. The van der Waals surface area contributed by atoms with Crippen LogP contribution in [0.3, 0.4) is 0 Å². The van der Waals surface area contributed by atoms with Crippen molar-refractivity contribution >= 4 is 5.69 Å². The first-order chi connectivity index (χ1) is 10.7. The van der Waals surface area contributed by atoms with Gasteiger partial charge in [0.1, 0.15) is 0 Å².